The first-order chi connectivity index (χ1) is 12.5. The molecule has 0 atom stereocenters. The molecule has 138 valence electrons. The molecule has 26 heavy (non-hydrogen) atoms. The number of rotatable bonds is 8. The molecule has 0 saturated heterocycles. The van der Waals surface area contributed by atoms with E-state index in [4.69, 9.17) is 14.3 Å². The van der Waals surface area contributed by atoms with Gasteiger partial charge in [-0.05, 0) is 46.1 Å². The molecular weight excluding hydrogens is 402 g/mol. The molecule has 0 aliphatic rings. The lowest BCUT2D eigenvalue weighted by atomic mass is 10.1. The van der Waals surface area contributed by atoms with Gasteiger partial charge in [-0.2, -0.15) is 0 Å². The van der Waals surface area contributed by atoms with Crippen molar-refractivity contribution < 1.29 is 24.2 Å². The van der Waals surface area contributed by atoms with Gasteiger partial charge in [-0.15, -0.1) is 0 Å². The summed E-state index contributed by atoms with van der Waals surface area (Å²) in [6, 6.07) is 12.7. The summed E-state index contributed by atoms with van der Waals surface area (Å²) in [4.78, 5) is 17.5. The fourth-order valence-electron chi connectivity index (χ4n) is 2.25. The van der Waals surface area contributed by atoms with E-state index in [1.165, 1.54) is 13.2 Å². The molecule has 0 bridgehead atoms. The fraction of sp³-hybridized carbons (Fsp3) is 0.263. The number of hydrogen-bond donors (Lipinski definition) is 1. The quantitative estimate of drug-likeness (QED) is 0.398. The predicted octanol–water partition coefficient (Wildman–Crippen LogP) is 3.84. The predicted molar refractivity (Wildman–Crippen MR) is 101 cm³/mol. The highest BCUT2D eigenvalue weighted by atomic mass is 79.9. The van der Waals surface area contributed by atoms with Gasteiger partial charge in [0.15, 0.2) is 17.2 Å². The highest BCUT2D eigenvalue weighted by Gasteiger charge is 2.17. The van der Waals surface area contributed by atoms with Gasteiger partial charge in [-0.3, -0.25) is 0 Å². The lowest BCUT2D eigenvalue weighted by Gasteiger charge is -2.10. The van der Waals surface area contributed by atoms with Crippen LogP contribution >= 0.6 is 15.9 Å². The van der Waals surface area contributed by atoms with Crippen LogP contribution < -0.4 is 4.74 Å². The molecule has 0 radical (unpaired) electrons. The number of phenols is 1. The van der Waals surface area contributed by atoms with E-state index >= 15 is 0 Å². The van der Waals surface area contributed by atoms with Crippen molar-refractivity contribution in [2.45, 2.75) is 20.0 Å². The first-order valence-corrected chi connectivity index (χ1v) is 8.79. The molecule has 0 saturated carbocycles. The molecule has 2 aromatic rings. The minimum absolute atomic E-state index is 0.0368. The largest absolute Gasteiger partial charge is 0.504 e. The molecule has 0 aliphatic heterocycles. The van der Waals surface area contributed by atoms with Crippen molar-refractivity contribution in [1.29, 1.82) is 0 Å². The lowest BCUT2D eigenvalue weighted by Crippen LogP contribution is -2.20. The molecule has 0 heterocycles. The number of nitrogens with zero attached hydrogens (tertiary/aromatic N) is 1. The van der Waals surface area contributed by atoms with Crippen LogP contribution in [0.15, 0.2) is 52.1 Å². The van der Waals surface area contributed by atoms with Crippen molar-refractivity contribution in [3.63, 3.8) is 0 Å². The maximum atomic E-state index is 12.2. The molecule has 1 N–H and O–H groups in total. The number of carbonyl (C=O) groups excluding carboxylic acids is 1. The van der Waals surface area contributed by atoms with Gasteiger partial charge in [0.05, 0.1) is 18.2 Å². The molecule has 7 heteroatoms. The Hall–Kier alpha value is -2.54. The summed E-state index contributed by atoms with van der Waals surface area (Å²) >= 11 is 3.33. The van der Waals surface area contributed by atoms with E-state index in [0.29, 0.717) is 15.8 Å². The zero-order valence-corrected chi connectivity index (χ0v) is 16.2. The number of ether oxygens (including phenoxy) is 2. The van der Waals surface area contributed by atoms with Crippen molar-refractivity contribution in [3.05, 3.63) is 58.1 Å². The van der Waals surface area contributed by atoms with Crippen LogP contribution in [-0.4, -0.2) is 30.5 Å². The summed E-state index contributed by atoms with van der Waals surface area (Å²) in [5, 5.41) is 14.0. The summed E-state index contributed by atoms with van der Waals surface area (Å²) in [5.74, 6) is -0.277. The normalized spacial score (nSPS) is 11.1. The zero-order valence-electron chi connectivity index (χ0n) is 14.6. The van der Waals surface area contributed by atoms with Gasteiger partial charge < -0.3 is 19.4 Å². The molecule has 2 aromatic carbocycles. The minimum Gasteiger partial charge on any atom is -0.504 e. The highest BCUT2D eigenvalue weighted by Crippen LogP contribution is 2.35. The van der Waals surface area contributed by atoms with Gasteiger partial charge in [-0.25, -0.2) is 4.79 Å². The number of aromatic hydroxyl groups is 1. The molecule has 0 spiro atoms. The molecular formula is C19H20BrNO5. The molecule has 0 amide bonds. The molecule has 0 aliphatic carbocycles. The van der Waals surface area contributed by atoms with Gasteiger partial charge in [0.2, 0.25) is 0 Å². The van der Waals surface area contributed by atoms with E-state index in [-0.39, 0.29) is 31.1 Å². The Balaban J connectivity index is 2.16. The second-order valence-electron chi connectivity index (χ2n) is 5.32. The van der Waals surface area contributed by atoms with Crippen LogP contribution in [0.4, 0.5) is 0 Å². The van der Waals surface area contributed by atoms with Crippen LogP contribution in [0.1, 0.15) is 18.1 Å². The Bertz CT molecular complexity index is 754. The number of esters is 1. The standard InChI is InChI=1S/C19H20BrNO5/c1-3-25-19(23)16(21-26-12-13-7-5-4-6-8-13)10-14-9-15(20)18(24-2)17(22)11-14/h4-9,11,22H,3,10,12H2,1-2H3/b21-16+. The Morgan fingerprint density at radius 2 is 1.92 bits per heavy atom. The summed E-state index contributed by atoms with van der Waals surface area (Å²) in [7, 11) is 1.46. The Morgan fingerprint density at radius 3 is 2.54 bits per heavy atom. The van der Waals surface area contributed by atoms with Gasteiger partial charge >= 0.3 is 5.97 Å². The molecule has 0 aromatic heterocycles. The number of benzene rings is 2. The number of oxime groups is 1. The zero-order chi connectivity index (χ0) is 18.9. The van der Waals surface area contributed by atoms with Gasteiger partial charge in [0.1, 0.15) is 6.61 Å². The number of hydrogen-bond acceptors (Lipinski definition) is 6. The van der Waals surface area contributed by atoms with Gasteiger partial charge in [-0.1, -0.05) is 35.5 Å². The van der Waals surface area contributed by atoms with E-state index in [1.807, 2.05) is 30.3 Å². The maximum Gasteiger partial charge on any atom is 0.356 e. The van der Waals surface area contributed by atoms with Crippen molar-refractivity contribution in [1.82, 2.24) is 0 Å². The average Bonchev–Trinajstić information content (AvgIpc) is 2.62. The van der Waals surface area contributed by atoms with E-state index in [1.54, 1.807) is 13.0 Å². The number of phenolic OH excluding ortho intramolecular Hbond substituents is 1. The minimum atomic E-state index is -0.563. The summed E-state index contributed by atoms with van der Waals surface area (Å²) in [6.07, 6.45) is 0.143. The van der Waals surface area contributed by atoms with Crippen molar-refractivity contribution in [2.24, 2.45) is 5.16 Å². The molecule has 2 rings (SSSR count). The van der Waals surface area contributed by atoms with Crippen LogP contribution in [0.25, 0.3) is 0 Å². The molecule has 0 unspecified atom stereocenters. The van der Waals surface area contributed by atoms with Gasteiger partial charge in [0, 0.05) is 6.42 Å². The fourth-order valence-corrected chi connectivity index (χ4v) is 2.91. The van der Waals surface area contributed by atoms with E-state index in [0.717, 1.165) is 5.56 Å². The maximum absolute atomic E-state index is 12.2. The summed E-state index contributed by atoms with van der Waals surface area (Å²) in [5.41, 5.74) is 1.70. The van der Waals surface area contributed by atoms with Crippen molar-refractivity contribution >= 4 is 27.6 Å². The second kappa shape index (κ2) is 9.82. The van der Waals surface area contributed by atoms with E-state index in [2.05, 4.69) is 21.1 Å². The van der Waals surface area contributed by atoms with Crippen molar-refractivity contribution in [2.75, 3.05) is 13.7 Å². The second-order valence-corrected chi connectivity index (χ2v) is 6.18. The van der Waals surface area contributed by atoms with Crippen LogP contribution in [-0.2, 0) is 27.4 Å². The van der Waals surface area contributed by atoms with Crippen LogP contribution in [0.2, 0.25) is 0 Å². The van der Waals surface area contributed by atoms with E-state index < -0.39 is 5.97 Å². The monoisotopic (exact) mass is 421 g/mol. The van der Waals surface area contributed by atoms with Gasteiger partial charge in [0.25, 0.3) is 0 Å². The van der Waals surface area contributed by atoms with Crippen LogP contribution in [0.3, 0.4) is 0 Å². The molecule has 0 fully saturated rings. The Morgan fingerprint density at radius 1 is 1.19 bits per heavy atom. The molecule has 6 nitrogen and oxygen atoms in total. The topological polar surface area (TPSA) is 77.4 Å². The van der Waals surface area contributed by atoms with Crippen LogP contribution in [0, 0.1) is 0 Å². The van der Waals surface area contributed by atoms with Crippen molar-refractivity contribution in [3.8, 4) is 11.5 Å². The summed E-state index contributed by atoms with van der Waals surface area (Å²) in [6.45, 7) is 2.19. The third-order valence-corrected chi connectivity index (χ3v) is 4.01. The third kappa shape index (κ3) is 5.49. The highest BCUT2D eigenvalue weighted by molar-refractivity contribution is 9.10. The Kier molecular flexibility index (Phi) is 7.47. The Labute approximate surface area is 160 Å². The third-order valence-electron chi connectivity index (χ3n) is 3.42. The number of methoxy groups -OCH3 is 1. The average molecular weight is 422 g/mol. The summed E-state index contributed by atoms with van der Waals surface area (Å²) < 4.78 is 10.7. The number of halogens is 1. The smallest absolute Gasteiger partial charge is 0.356 e. The van der Waals surface area contributed by atoms with E-state index in [9.17, 15) is 9.90 Å². The van der Waals surface area contributed by atoms with Crippen LogP contribution in [0.5, 0.6) is 11.5 Å². The number of carbonyl (C=O) groups is 1. The lowest BCUT2D eigenvalue weighted by molar-refractivity contribution is -0.135. The first kappa shape index (κ1) is 19.8. The SMILES string of the molecule is CCOC(=O)/C(Cc1cc(O)c(OC)c(Br)c1)=N/OCc1ccccc1. The first-order valence-electron chi connectivity index (χ1n) is 8.00.